The highest BCUT2D eigenvalue weighted by molar-refractivity contribution is 5.86. The van der Waals surface area contributed by atoms with Gasteiger partial charge >= 0.3 is 0 Å². The maximum Gasteiger partial charge on any atom is 0.0488 e. The Morgan fingerprint density at radius 2 is 1.13 bits per heavy atom. The van der Waals surface area contributed by atoms with Crippen molar-refractivity contribution in [2.45, 2.75) is 26.2 Å². The molecule has 0 saturated carbocycles. The summed E-state index contributed by atoms with van der Waals surface area (Å²) < 4.78 is 0. The summed E-state index contributed by atoms with van der Waals surface area (Å²) in [6.07, 6.45) is 0. The van der Waals surface area contributed by atoms with Gasteiger partial charge in [-0.05, 0) is 51.9 Å². The zero-order chi connectivity index (χ0) is 21.1. The number of benzene rings is 4. The van der Waals surface area contributed by atoms with Gasteiger partial charge in [-0.25, -0.2) is 0 Å². The Kier molecular flexibility index (Phi) is 5.46. The Morgan fingerprint density at radius 1 is 0.567 bits per heavy atom. The summed E-state index contributed by atoms with van der Waals surface area (Å²) in [7, 11) is 2.15. The number of hydrogen-bond donors (Lipinski definition) is 0. The van der Waals surface area contributed by atoms with Crippen molar-refractivity contribution in [3.05, 3.63) is 109 Å². The molecule has 0 bridgehead atoms. The predicted octanol–water partition coefficient (Wildman–Crippen LogP) is 8.09. The molecule has 0 aliphatic carbocycles. The van der Waals surface area contributed by atoms with Crippen molar-refractivity contribution in [1.82, 2.24) is 0 Å². The zero-order valence-electron chi connectivity index (χ0n) is 18.3. The van der Waals surface area contributed by atoms with Gasteiger partial charge < -0.3 is 4.90 Å². The second kappa shape index (κ2) is 8.20. The minimum atomic E-state index is 0.156. The second-order valence-corrected chi connectivity index (χ2v) is 8.82. The summed E-state index contributed by atoms with van der Waals surface area (Å²) in [4.78, 5) is 2.28. The molecule has 0 aromatic heterocycles. The van der Waals surface area contributed by atoms with E-state index in [1.807, 2.05) is 0 Å². The van der Waals surface area contributed by atoms with Gasteiger partial charge in [0, 0.05) is 24.0 Å². The third-order valence-corrected chi connectivity index (χ3v) is 5.67. The molecule has 0 heterocycles. The van der Waals surface area contributed by atoms with Crippen LogP contribution in [0.2, 0.25) is 0 Å². The van der Waals surface area contributed by atoms with E-state index in [2.05, 4.69) is 136 Å². The van der Waals surface area contributed by atoms with Crippen LogP contribution in [0.4, 0.5) is 11.4 Å². The van der Waals surface area contributed by atoms with E-state index in [0.29, 0.717) is 0 Å². The highest BCUT2D eigenvalue weighted by Crippen LogP contribution is 2.37. The van der Waals surface area contributed by atoms with Crippen molar-refractivity contribution in [3.63, 3.8) is 0 Å². The van der Waals surface area contributed by atoms with Crippen LogP contribution in [0.5, 0.6) is 0 Å². The third-order valence-electron chi connectivity index (χ3n) is 5.67. The van der Waals surface area contributed by atoms with E-state index in [0.717, 1.165) is 0 Å². The lowest BCUT2D eigenvalue weighted by molar-refractivity contribution is 0.590. The van der Waals surface area contributed by atoms with Crippen molar-refractivity contribution >= 4 is 11.4 Å². The smallest absolute Gasteiger partial charge is 0.0488 e. The molecule has 30 heavy (non-hydrogen) atoms. The van der Waals surface area contributed by atoms with Crippen LogP contribution in [0.25, 0.3) is 22.3 Å². The number of rotatable bonds is 4. The van der Waals surface area contributed by atoms with Gasteiger partial charge in [-0.15, -0.1) is 0 Å². The van der Waals surface area contributed by atoms with Gasteiger partial charge in [0.15, 0.2) is 0 Å². The highest BCUT2D eigenvalue weighted by atomic mass is 15.1. The largest absolute Gasteiger partial charge is 0.344 e. The maximum atomic E-state index is 2.31. The van der Waals surface area contributed by atoms with E-state index in [4.69, 9.17) is 0 Å². The fourth-order valence-electron chi connectivity index (χ4n) is 3.81. The van der Waals surface area contributed by atoms with Crippen LogP contribution >= 0.6 is 0 Å². The highest BCUT2D eigenvalue weighted by Gasteiger charge is 2.16. The van der Waals surface area contributed by atoms with E-state index in [1.54, 1.807) is 0 Å². The first-order chi connectivity index (χ1) is 14.4. The molecule has 0 saturated heterocycles. The van der Waals surface area contributed by atoms with Crippen LogP contribution in [0, 0.1) is 0 Å². The average molecular weight is 392 g/mol. The fraction of sp³-hybridized carbons (Fsp3) is 0.172. The van der Waals surface area contributed by atoms with Gasteiger partial charge in [-0.3, -0.25) is 0 Å². The first-order valence-corrected chi connectivity index (χ1v) is 10.5. The van der Waals surface area contributed by atoms with Crippen molar-refractivity contribution in [2.24, 2.45) is 0 Å². The van der Waals surface area contributed by atoms with Gasteiger partial charge in [-0.2, -0.15) is 0 Å². The summed E-state index contributed by atoms with van der Waals surface area (Å²) in [5.74, 6) is 0. The standard InChI is InChI=1S/C29H29N/c1-29(2,3)25-16-18-26(19-17-25)30(4)28-20-15-24(22-11-7-5-8-12-22)21-27(28)23-13-9-6-10-14-23/h5-21H,1-4H3. The lowest BCUT2D eigenvalue weighted by Gasteiger charge is -2.25. The topological polar surface area (TPSA) is 3.24 Å². The van der Waals surface area contributed by atoms with Crippen LogP contribution in [-0.2, 0) is 5.41 Å². The van der Waals surface area contributed by atoms with E-state index >= 15 is 0 Å². The van der Waals surface area contributed by atoms with Crippen LogP contribution < -0.4 is 4.90 Å². The Labute approximate surface area is 180 Å². The average Bonchev–Trinajstić information content (AvgIpc) is 2.79. The zero-order valence-corrected chi connectivity index (χ0v) is 18.3. The molecule has 0 unspecified atom stereocenters. The maximum absolute atomic E-state index is 2.31. The van der Waals surface area contributed by atoms with Gasteiger partial charge in [0.2, 0.25) is 0 Å². The SMILES string of the molecule is CN(c1ccc(C(C)(C)C)cc1)c1ccc(-c2ccccc2)cc1-c1ccccc1. The fourth-order valence-corrected chi connectivity index (χ4v) is 3.81. The van der Waals surface area contributed by atoms with E-state index < -0.39 is 0 Å². The molecule has 0 aliphatic rings. The number of hydrogen-bond acceptors (Lipinski definition) is 1. The molecular formula is C29H29N. The summed E-state index contributed by atoms with van der Waals surface area (Å²) in [6, 6.07) is 36.9. The van der Waals surface area contributed by atoms with Gasteiger partial charge in [0.25, 0.3) is 0 Å². The van der Waals surface area contributed by atoms with Crippen LogP contribution in [0.15, 0.2) is 103 Å². The van der Waals surface area contributed by atoms with Crippen LogP contribution in [-0.4, -0.2) is 7.05 Å². The van der Waals surface area contributed by atoms with Crippen LogP contribution in [0.3, 0.4) is 0 Å². The van der Waals surface area contributed by atoms with Crippen molar-refractivity contribution in [1.29, 1.82) is 0 Å². The summed E-state index contributed by atoms with van der Waals surface area (Å²) in [5.41, 5.74) is 8.82. The number of nitrogens with zero attached hydrogens (tertiary/aromatic N) is 1. The summed E-state index contributed by atoms with van der Waals surface area (Å²) >= 11 is 0. The van der Waals surface area contributed by atoms with Crippen LogP contribution in [0.1, 0.15) is 26.3 Å². The lowest BCUT2D eigenvalue weighted by atomic mass is 9.87. The molecule has 0 fully saturated rings. The normalized spacial score (nSPS) is 11.3. The van der Waals surface area contributed by atoms with E-state index in [1.165, 1.54) is 39.2 Å². The molecule has 0 N–H and O–H groups in total. The van der Waals surface area contributed by atoms with Gasteiger partial charge in [-0.1, -0.05) is 99.6 Å². The minimum absolute atomic E-state index is 0.156. The molecule has 4 aromatic rings. The van der Waals surface area contributed by atoms with E-state index in [-0.39, 0.29) is 5.41 Å². The third kappa shape index (κ3) is 4.16. The second-order valence-electron chi connectivity index (χ2n) is 8.82. The van der Waals surface area contributed by atoms with Crippen molar-refractivity contribution < 1.29 is 0 Å². The van der Waals surface area contributed by atoms with Crippen molar-refractivity contribution in [2.75, 3.05) is 11.9 Å². The van der Waals surface area contributed by atoms with E-state index in [9.17, 15) is 0 Å². The van der Waals surface area contributed by atoms with Gasteiger partial charge in [0.05, 0.1) is 0 Å². The van der Waals surface area contributed by atoms with Gasteiger partial charge in [0.1, 0.15) is 0 Å². The molecule has 1 nitrogen and oxygen atoms in total. The minimum Gasteiger partial charge on any atom is -0.344 e. The Morgan fingerprint density at radius 3 is 1.70 bits per heavy atom. The molecule has 150 valence electrons. The Balaban J connectivity index is 1.79. The molecule has 0 aliphatic heterocycles. The molecule has 4 rings (SSSR count). The molecular weight excluding hydrogens is 362 g/mol. The summed E-state index contributed by atoms with van der Waals surface area (Å²) in [6.45, 7) is 6.75. The monoisotopic (exact) mass is 391 g/mol. The Hall–Kier alpha value is -3.32. The quantitative estimate of drug-likeness (QED) is 0.340. The first kappa shape index (κ1) is 20.0. The molecule has 0 spiro atoms. The molecule has 4 aromatic carbocycles. The summed E-state index contributed by atoms with van der Waals surface area (Å²) in [5, 5.41) is 0. The molecule has 0 amide bonds. The Bertz CT molecular complexity index is 1100. The lowest BCUT2D eigenvalue weighted by Crippen LogP contribution is -2.13. The molecule has 1 heteroatoms. The van der Waals surface area contributed by atoms with Crippen molar-refractivity contribution in [3.8, 4) is 22.3 Å². The molecule has 0 atom stereocenters. The first-order valence-electron chi connectivity index (χ1n) is 10.5. The predicted molar refractivity (Wildman–Crippen MR) is 131 cm³/mol. The molecule has 0 radical (unpaired) electrons. The number of anilines is 2.